The van der Waals surface area contributed by atoms with Crippen molar-refractivity contribution >= 4 is 11.7 Å². The molecule has 0 amide bonds. The Hall–Kier alpha value is -0.900. The van der Waals surface area contributed by atoms with Crippen LogP contribution in [-0.4, -0.2) is 41.3 Å². The summed E-state index contributed by atoms with van der Waals surface area (Å²) in [5, 5.41) is 16.6. The van der Waals surface area contributed by atoms with Gasteiger partial charge in [0, 0.05) is 18.8 Å². The molecule has 1 aliphatic heterocycles. The first kappa shape index (κ1) is 12.2. The SMILES string of the molecule is CC(C)CC(=N)CN1CCC(C(=O)O)C1. The predicted molar refractivity (Wildman–Crippen MR) is 59.4 cm³/mol. The molecule has 1 unspecified atom stereocenters. The number of aliphatic carboxylic acids is 1. The molecule has 0 saturated carbocycles. The van der Waals surface area contributed by atoms with E-state index in [1.165, 1.54) is 0 Å². The quantitative estimate of drug-likeness (QED) is 0.678. The lowest BCUT2D eigenvalue weighted by Crippen LogP contribution is -2.29. The Bertz CT molecular complexity index is 251. The summed E-state index contributed by atoms with van der Waals surface area (Å²) in [7, 11) is 0. The first-order chi connectivity index (χ1) is 6.99. The van der Waals surface area contributed by atoms with E-state index in [-0.39, 0.29) is 5.92 Å². The normalized spacial score (nSPS) is 22.2. The maximum Gasteiger partial charge on any atom is 0.307 e. The maximum atomic E-state index is 10.7. The standard InChI is InChI=1S/C11H20N2O2/c1-8(2)5-10(12)7-13-4-3-9(6-13)11(14)15/h8-9,12H,3-7H2,1-2H3,(H,14,15). The van der Waals surface area contributed by atoms with Gasteiger partial charge in [-0.2, -0.15) is 0 Å². The molecule has 0 radical (unpaired) electrons. The summed E-state index contributed by atoms with van der Waals surface area (Å²) in [4.78, 5) is 12.8. The zero-order valence-corrected chi connectivity index (χ0v) is 9.49. The minimum Gasteiger partial charge on any atom is -0.481 e. The van der Waals surface area contributed by atoms with Gasteiger partial charge in [-0.05, 0) is 25.3 Å². The lowest BCUT2D eigenvalue weighted by atomic mass is 10.1. The van der Waals surface area contributed by atoms with E-state index in [1.807, 2.05) is 0 Å². The van der Waals surface area contributed by atoms with Gasteiger partial charge in [-0.3, -0.25) is 9.69 Å². The molecule has 86 valence electrons. The highest BCUT2D eigenvalue weighted by Crippen LogP contribution is 2.16. The number of carboxylic acids is 1. The molecule has 4 nitrogen and oxygen atoms in total. The van der Waals surface area contributed by atoms with Crippen LogP contribution in [0.3, 0.4) is 0 Å². The van der Waals surface area contributed by atoms with E-state index in [4.69, 9.17) is 10.5 Å². The molecule has 1 aliphatic rings. The summed E-state index contributed by atoms with van der Waals surface area (Å²) in [5.41, 5.74) is 0.719. The maximum absolute atomic E-state index is 10.7. The van der Waals surface area contributed by atoms with Gasteiger partial charge in [0.25, 0.3) is 0 Å². The van der Waals surface area contributed by atoms with Gasteiger partial charge in [-0.15, -0.1) is 0 Å². The van der Waals surface area contributed by atoms with Crippen molar-refractivity contribution in [2.75, 3.05) is 19.6 Å². The lowest BCUT2D eigenvalue weighted by Gasteiger charge is -2.16. The number of carboxylic acid groups (broad SMARTS) is 1. The third-order valence-electron chi connectivity index (χ3n) is 2.69. The third-order valence-corrected chi connectivity index (χ3v) is 2.69. The number of nitrogens with one attached hydrogen (secondary N) is 1. The number of hydrogen-bond acceptors (Lipinski definition) is 3. The fourth-order valence-electron chi connectivity index (χ4n) is 2.01. The molecule has 1 fully saturated rings. The molecule has 0 aliphatic carbocycles. The smallest absolute Gasteiger partial charge is 0.307 e. The molecule has 15 heavy (non-hydrogen) atoms. The van der Waals surface area contributed by atoms with E-state index >= 15 is 0 Å². The fourth-order valence-corrected chi connectivity index (χ4v) is 2.01. The Morgan fingerprint density at radius 1 is 1.60 bits per heavy atom. The highest BCUT2D eigenvalue weighted by Gasteiger charge is 2.28. The van der Waals surface area contributed by atoms with Crippen LogP contribution in [0.5, 0.6) is 0 Å². The third kappa shape index (κ3) is 4.00. The van der Waals surface area contributed by atoms with Crippen molar-refractivity contribution in [1.82, 2.24) is 4.90 Å². The van der Waals surface area contributed by atoms with Crippen LogP contribution in [0, 0.1) is 17.2 Å². The van der Waals surface area contributed by atoms with Crippen molar-refractivity contribution in [3.63, 3.8) is 0 Å². The molecule has 0 aromatic carbocycles. The molecule has 0 aromatic heterocycles. The Kier molecular flexibility index (Phi) is 4.27. The van der Waals surface area contributed by atoms with Crippen molar-refractivity contribution in [3.05, 3.63) is 0 Å². The van der Waals surface area contributed by atoms with E-state index in [0.717, 1.165) is 25.1 Å². The fraction of sp³-hybridized carbons (Fsp3) is 0.818. The van der Waals surface area contributed by atoms with Crippen LogP contribution in [0.25, 0.3) is 0 Å². The van der Waals surface area contributed by atoms with Crippen LogP contribution >= 0.6 is 0 Å². The van der Waals surface area contributed by atoms with E-state index in [9.17, 15) is 4.79 Å². The number of carbonyl (C=O) groups is 1. The van der Waals surface area contributed by atoms with Crippen LogP contribution in [0.15, 0.2) is 0 Å². The molecular weight excluding hydrogens is 192 g/mol. The monoisotopic (exact) mass is 212 g/mol. The Labute approximate surface area is 90.8 Å². The molecule has 1 atom stereocenters. The zero-order chi connectivity index (χ0) is 11.4. The second kappa shape index (κ2) is 5.26. The predicted octanol–water partition coefficient (Wildman–Crippen LogP) is 1.46. The van der Waals surface area contributed by atoms with Gasteiger partial charge < -0.3 is 10.5 Å². The molecule has 4 heteroatoms. The summed E-state index contributed by atoms with van der Waals surface area (Å²) in [5.74, 6) is -0.417. The van der Waals surface area contributed by atoms with Gasteiger partial charge in [0.2, 0.25) is 0 Å². The van der Waals surface area contributed by atoms with Gasteiger partial charge in [0.05, 0.1) is 5.92 Å². The van der Waals surface area contributed by atoms with Crippen molar-refractivity contribution in [3.8, 4) is 0 Å². The number of rotatable bonds is 5. The van der Waals surface area contributed by atoms with E-state index < -0.39 is 5.97 Å². The average molecular weight is 212 g/mol. The van der Waals surface area contributed by atoms with Crippen LogP contribution in [0.4, 0.5) is 0 Å². The van der Waals surface area contributed by atoms with Gasteiger partial charge in [0.1, 0.15) is 0 Å². The van der Waals surface area contributed by atoms with Gasteiger partial charge in [-0.1, -0.05) is 13.8 Å². The van der Waals surface area contributed by atoms with Crippen molar-refractivity contribution < 1.29 is 9.90 Å². The number of nitrogens with zero attached hydrogens (tertiary/aromatic N) is 1. The summed E-state index contributed by atoms with van der Waals surface area (Å²) in [6, 6.07) is 0. The summed E-state index contributed by atoms with van der Waals surface area (Å²) >= 11 is 0. The lowest BCUT2D eigenvalue weighted by molar-refractivity contribution is -0.141. The van der Waals surface area contributed by atoms with Crippen LogP contribution in [0.2, 0.25) is 0 Å². The second-order valence-electron chi connectivity index (χ2n) is 4.76. The Balaban J connectivity index is 2.30. The van der Waals surface area contributed by atoms with Crippen molar-refractivity contribution in [1.29, 1.82) is 5.41 Å². The van der Waals surface area contributed by atoms with Crippen molar-refractivity contribution in [2.45, 2.75) is 26.7 Å². The number of hydrogen-bond donors (Lipinski definition) is 2. The highest BCUT2D eigenvalue weighted by atomic mass is 16.4. The number of likely N-dealkylation sites (tertiary alicyclic amines) is 1. The molecule has 1 rings (SSSR count). The Morgan fingerprint density at radius 2 is 2.27 bits per heavy atom. The highest BCUT2D eigenvalue weighted by molar-refractivity contribution is 5.83. The first-order valence-corrected chi connectivity index (χ1v) is 5.50. The summed E-state index contributed by atoms with van der Waals surface area (Å²) in [6.07, 6.45) is 1.54. The van der Waals surface area contributed by atoms with Crippen LogP contribution in [0.1, 0.15) is 26.7 Å². The minimum absolute atomic E-state index is 0.225. The minimum atomic E-state index is -0.701. The molecular formula is C11H20N2O2. The largest absolute Gasteiger partial charge is 0.481 e. The second-order valence-corrected chi connectivity index (χ2v) is 4.76. The summed E-state index contributed by atoms with van der Waals surface area (Å²) in [6.45, 7) is 6.26. The molecule has 0 bridgehead atoms. The van der Waals surface area contributed by atoms with Crippen molar-refractivity contribution in [2.24, 2.45) is 11.8 Å². The molecule has 1 heterocycles. The van der Waals surface area contributed by atoms with E-state index in [0.29, 0.717) is 19.0 Å². The van der Waals surface area contributed by atoms with Gasteiger partial charge in [-0.25, -0.2) is 0 Å². The van der Waals surface area contributed by atoms with Crippen LogP contribution in [-0.2, 0) is 4.79 Å². The summed E-state index contributed by atoms with van der Waals surface area (Å²) < 4.78 is 0. The molecule has 1 saturated heterocycles. The van der Waals surface area contributed by atoms with E-state index in [1.54, 1.807) is 0 Å². The first-order valence-electron chi connectivity index (χ1n) is 5.50. The van der Waals surface area contributed by atoms with Gasteiger partial charge in [0.15, 0.2) is 0 Å². The molecule has 2 N–H and O–H groups in total. The molecule has 0 aromatic rings. The topological polar surface area (TPSA) is 64.4 Å². The van der Waals surface area contributed by atoms with Gasteiger partial charge >= 0.3 is 5.97 Å². The Morgan fingerprint density at radius 3 is 2.73 bits per heavy atom. The van der Waals surface area contributed by atoms with Crippen LogP contribution < -0.4 is 0 Å². The zero-order valence-electron chi connectivity index (χ0n) is 9.49. The average Bonchev–Trinajstić information content (AvgIpc) is 2.50. The van der Waals surface area contributed by atoms with E-state index in [2.05, 4.69) is 18.7 Å². The molecule has 0 spiro atoms.